The first-order valence-electron chi connectivity index (χ1n) is 14.4. The van der Waals surface area contributed by atoms with Gasteiger partial charge < -0.3 is 33.6 Å². The molecule has 1 heterocycles. The SMILES string of the molecule is COc1ccc(OCCCCn2c(CCCCCNC(=O)c3cc(OC)c(OC)c(OC)c3)nc3ccccc32)cc1. The summed E-state index contributed by atoms with van der Waals surface area (Å²) in [7, 11) is 6.26. The average Bonchev–Trinajstić information content (AvgIpc) is 3.38. The van der Waals surface area contributed by atoms with Gasteiger partial charge in [-0.1, -0.05) is 18.6 Å². The number of aromatic nitrogens is 2. The van der Waals surface area contributed by atoms with Gasteiger partial charge in [0.1, 0.15) is 17.3 Å². The second kappa shape index (κ2) is 15.6. The van der Waals surface area contributed by atoms with Gasteiger partial charge in [-0.25, -0.2) is 4.98 Å². The van der Waals surface area contributed by atoms with Crippen molar-refractivity contribution in [2.45, 2.75) is 45.1 Å². The number of methoxy groups -OCH3 is 4. The number of carbonyl (C=O) groups excluding carboxylic acids is 1. The molecule has 0 unspecified atom stereocenters. The van der Waals surface area contributed by atoms with Crippen LogP contribution in [0.4, 0.5) is 0 Å². The molecule has 0 radical (unpaired) electrons. The topological polar surface area (TPSA) is 93.1 Å². The van der Waals surface area contributed by atoms with Gasteiger partial charge in [-0.15, -0.1) is 0 Å². The van der Waals surface area contributed by atoms with E-state index in [1.165, 1.54) is 26.8 Å². The molecule has 0 spiro atoms. The molecule has 9 nitrogen and oxygen atoms in total. The van der Waals surface area contributed by atoms with Crippen LogP contribution in [0.15, 0.2) is 60.7 Å². The fourth-order valence-corrected chi connectivity index (χ4v) is 4.90. The number of ether oxygens (including phenoxy) is 5. The van der Waals surface area contributed by atoms with E-state index >= 15 is 0 Å². The van der Waals surface area contributed by atoms with Gasteiger partial charge in [-0.3, -0.25) is 4.79 Å². The van der Waals surface area contributed by atoms with E-state index in [2.05, 4.69) is 28.1 Å². The maximum absolute atomic E-state index is 12.7. The predicted molar refractivity (Wildman–Crippen MR) is 163 cm³/mol. The normalized spacial score (nSPS) is 10.9. The first kappa shape index (κ1) is 30.6. The standard InChI is InChI=1S/C33H41N3O6/c1-38-25-15-17-26(18-16-25)42-21-11-10-20-36-28-13-8-7-12-27(28)35-31(36)14-6-5-9-19-34-33(37)24-22-29(39-2)32(41-4)30(23-24)40-3/h7-8,12-13,15-18,22-23H,5-6,9-11,14,19-21H2,1-4H3,(H,34,37). The van der Waals surface area contributed by atoms with Gasteiger partial charge in [-0.2, -0.15) is 0 Å². The Bertz CT molecular complexity index is 1410. The summed E-state index contributed by atoms with van der Waals surface area (Å²) in [6.45, 7) is 2.14. The molecule has 224 valence electrons. The molecule has 0 saturated carbocycles. The summed E-state index contributed by atoms with van der Waals surface area (Å²) in [5.41, 5.74) is 2.66. The maximum Gasteiger partial charge on any atom is 0.251 e. The van der Waals surface area contributed by atoms with E-state index in [1.807, 2.05) is 30.3 Å². The van der Waals surface area contributed by atoms with Crippen LogP contribution in [0.3, 0.4) is 0 Å². The Morgan fingerprint density at radius 1 is 0.786 bits per heavy atom. The number of hydrogen-bond acceptors (Lipinski definition) is 7. The molecule has 0 fully saturated rings. The maximum atomic E-state index is 12.7. The molecule has 0 bridgehead atoms. The number of nitrogens with zero attached hydrogens (tertiary/aromatic N) is 2. The number of carbonyl (C=O) groups is 1. The summed E-state index contributed by atoms with van der Waals surface area (Å²) < 4.78 is 29.5. The second-order valence-corrected chi connectivity index (χ2v) is 9.88. The Labute approximate surface area is 247 Å². The summed E-state index contributed by atoms with van der Waals surface area (Å²) in [6.07, 6.45) is 5.68. The molecule has 4 aromatic rings. The molecule has 0 aliphatic carbocycles. The van der Waals surface area contributed by atoms with Gasteiger partial charge in [0, 0.05) is 25.1 Å². The summed E-state index contributed by atoms with van der Waals surface area (Å²) in [5, 5.41) is 3.00. The number of nitrogens with one attached hydrogen (secondary N) is 1. The molecule has 9 heteroatoms. The van der Waals surface area contributed by atoms with Gasteiger partial charge in [0.05, 0.1) is 46.1 Å². The minimum absolute atomic E-state index is 0.174. The lowest BCUT2D eigenvalue weighted by molar-refractivity contribution is 0.0952. The summed E-state index contributed by atoms with van der Waals surface area (Å²) in [5.74, 6) is 3.97. The second-order valence-electron chi connectivity index (χ2n) is 9.88. The molecule has 4 rings (SSSR count). The summed E-state index contributed by atoms with van der Waals surface area (Å²) in [4.78, 5) is 17.7. The number of rotatable bonds is 17. The fourth-order valence-electron chi connectivity index (χ4n) is 4.90. The number of fused-ring (bicyclic) bond motifs is 1. The minimum Gasteiger partial charge on any atom is -0.497 e. The van der Waals surface area contributed by atoms with Crippen LogP contribution in [0.25, 0.3) is 11.0 Å². The van der Waals surface area contributed by atoms with Crippen molar-refractivity contribution in [2.24, 2.45) is 0 Å². The molecule has 0 atom stereocenters. The van der Waals surface area contributed by atoms with E-state index in [1.54, 1.807) is 19.2 Å². The van der Waals surface area contributed by atoms with Crippen molar-refractivity contribution < 1.29 is 28.5 Å². The van der Waals surface area contributed by atoms with Crippen LogP contribution in [0.1, 0.15) is 48.3 Å². The number of para-hydroxylation sites is 2. The lowest BCUT2D eigenvalue weighted by Crippen LogP contribution is -2.24. The van der Waals surface area contributed by atoms with Gasteiger partial charge in [0.15, 0.2) is 11.5 Å². The summed E-state index contributed by atoms with van der Waals surface area (Å²) in [6, 6.07) is 19.3. The number of benzene rings is 3. The molecule has 0 saturated heterocycles. The van der Waals surface area contributed by atoms with Crippen molar-refractivity contribution in [3.63, 3.8) is 0 Å². The smallest absolute Gasteiger partial charge is 0.251 e. The van der Waals surface area contributed by atoms with Crippen molar-refractivity contribution in [3.05, 3.63) is 72.1 Å². The Kier molecular flexibility index (Phi) is 11.3. The highest BCUT2D eigenvalue weighted by atomic mass is 16.5. The molecule has 0 aliphatic heterocycles. The van der Waals surface area contributed by atoms with Crippen LogP contribution < -0.4 is 29.0 Å². The first-order chi connectivity index (χ1) is 20.6. The van der Waals surface area contributed by atoms with E-state index in [9.17, 15) is 4.79 Å². The molecule has 42 heavy (non-hydrogen) atoms. The van der Waals surface area contributed by atoms with Crippen molar-refractivity contribution in [1.82, 2.24) is 14.9 Å². The van der Waals surface area contributed by atoms with Crippen LogP contribution in [0.2, 0.25) is 0 Å². The van der Waals surface area contributed by atoms with Gasteiger partial charge in [-0.05, 0) is 74.2 Å². The van der Waals surface area contributed by atoms with Crippen LogP contribution in [0.5, 0.6) is 28.7 Å². The third-order valence-corrected chi connectivity index (χ3v) is 7.13. The number of amides is 1. The first-order valence-corrected chi connectivity index (χ1v) is 14.4. The Morgan fingerprint density at radius 2 is 1.50 bits per heavy atom. The van der Waals surface area contributed by atoms with Crippen molar-refractivity contribution in [2.75, 3.05) is 41.6 Å². The Morgan fingerprint density at radius 3 is 2.19 bits per heavy atom. The van der Waals surface area contributed by atoms with Crippen LogP contribution in [-0.4, -0.2) is 57.0 Å². The lowest BCUT2D eigenvalue weighted by Gasteiger charge is -2.14. The summed E-state index contributed by atoms with van der Waals surface area (Å²) >= 11 is 0. The van der Waals surface area contributed by atoms with Crippen molar-refractivity contribution in [3.8, 4) is 28.7 Å². The zero-order valence-corrected chi connectivity index (χ0v) is 25.0. The molecule has 0 aliphatic rings. The molecular weight excluding hydrogens is 534 g/mol. The Balaban J connectivity index is 1.23. The fraction of sp³-hybridized carbons (Fsp3) is 0.394. The lowest BCUT2D eigenvalue weighted by atomic mass is 10.1. The number of unbranched alkanes of at least 4 members (excludes halogenated alkanes) is 3. The van der Waals surface area contributed by atoms with Crippen molar-refractivity contribution >= 4 is 16.9 Å². The number of aryl methyl sites for hydroxylation is 2. The highest BCUT2D eigenvalue weighted by Gasteiger charge is 2.17. The van der Waals surface area contributed by atoms with Gasteiger partial charge >= 0.3 is 0 Å². The molecule has 1 amide bonds. The molecule has 1 aromatic heterocycles. The molecule has 1 N–H and O–H groups in total. The van der Waals surface area contributed by atoms with Crippen molar-refractivity contribution in [1.29, 1.82) is 0 Å². The third-order valence-electron chi connectivity index (χ3n) is 7.13. The van der Waals surface area contributed by atoms with E-state index in [0.717, 1.165) is 67.9 Å². The van der Waals surface area contributed by atoms with E-state index in [-0.39, 0.29) is 5.91 Å². The largest absolute Gasteiger partial charge is 0.497 e. The van der Waals surface area contributed by atoms with Crippen LogP contribution in [0, 0.1) is 0 Å². The highest BCUT2D eigenvalue weighted by molar-refractivity contribution is 5.95. The van der Waals surface area contributed by atoms with E-state index in [0.29, 0.717) is 36.0 Å². The molecule has 3 aromatic carbocycles. The zero-order valence-electron chi connectivity index (χ0n) is 25.0. The highest BCUT2D eigenvalue weighted by Crippen LogP contribution is 2.38. The quantitative estimate of drug-likeness (QED) is 0.153. The van der Waals surface area contributed by atoms with E-state index in [4.69, 9.17) is 28.7 Å². The van der Waals surface area contributed by atoms with Gasteiger partial charge in [0.25, 0.3) is 5.91 Å². The number of hydrogen-bond donors (Lipinski definition) is 1. The van der Waals surface area contributed by atoms with Crippen LogP contribution in [-0.2, 0) is 13.0 Å². The minimum atomic E-state index is -0.174. The monoisotopic (exact) mass is 575 g/mol. The van der Waals surface area contributed by atoms with Gasteiger partial charge in [0.2, 0.25) is 5.75 Å². The van der Waals surface area contributed by atoms with E-state index < -0.39 is 0 Å². The third kappa shape index (κ3) is 7.87. The molecular formula is C33H41N3O6. The zero-order chi connectivity index (χ0) is 29.7. The predicted octanol–water partition coefficient (Wildman–Crippen LogP) is 6.07. The Hall–Kier alpha value is -4.40. The van der Waals surface area contributed by atoms with Crippen LogP contribution >= 0.6 is 0 Å². The average molecular weight is 576 g/mol. The number of imidazole rings is 1.